The molecule has 0 atom stereocenters. The second kappa shape index (κ2) is 9.12. The highest BCUT2D eigenvalue weighted by atomic mass is 32.1. The molecule has 0 radical (unpaired) electrons. The second-order valence-electron chi connectivity index (χ2n) is 9.58. The average Bonchev–Trinajstić information content (AvgIpc) is 3.39. The van der Waals surface area contributed by atoms with Crippen molar-refractivity contribution in [3.05, 3.63) is 63.9 Å². The monoisotopic (exact) mass is 472 g/mol. The fraction of sp³-hybridized carbons (Fsp3) is 0.444. The molecule has 0 saturated carbocycles. The van der Waals surface area contributed by atoms with Crippen molar-refractivity contribution in [3.63, 3.8) is 0 Å². The molecule has 2 aromatic rings. The quantitative estimate of drug-likeness (QED) is 0.428. The first kappa shape index (κ1) is 21.7. The maximum Gasteiger partial charge on any atom is 0.138 e. The van der Waals surface area contributed by atoms with Crippen LogP contribution in [0, 0.1) is 13.8 Å². The van der Waals surface area contributed by atoms with Gasteiger partial charge >= 0.3 is 0 Å². The Kier molecular flexibility index (Phi) is 5.83. The van der Waals surface area contributed by atoms with E-state index in [0.717, 1.165) is 68.4 Å². The molecular formula is C27H32N6S. The molecule has 4 aliphatic rings. The largest absolute Gasteiger partial charge is 0.299 e. The molecule has 1 saturated heterocycles. The Morgan fingerprint density at radius 2 is 1.71 bits per heavy atom. The van der Waals surface area contributed by atoms with Gasteiger partial charge in [0.15, 0.2) is 0 Å². The fourth-order valence-corrected chi connectivity index (χ4v) is 6.47. The molecule has 0 amide bonds. The summed E-state index contributed by atoms with van der Waals surface area (Å²) >= 11 is 1.80. The van der Waals surface area contributed by atoms with E-state index in [1.165, 1.54) is 45.7 Å². The van der Waals surface area contributed by atoms with Crippen molar-refractivity contribution >= 4 is 11.3 Å². The molecule has 0 bridgehead atoms. The SMILES string of the molecule is Cc1nc(-c2c3ncnn(N4CCN(CCc5ccccc5)CC4)c-3c3c2CCCC3)sc1C. The van der Waals surface area contributed by atoms with Crippen LogP contribution in [0.5, 0.6) is 0 Å². The molecule has 3 heterocycles. The van der Waals surface area contributed by atoms with E-state index in [0.29, 0.717) is 0 Å². The summed E-state index contributed by atoms with van der Waals surface area (Å²) in [5, 5.41) is 8.32. The van der Waals surface area contributed by atoms with Gasteiger partial charge in [-0.25, -0.2) is 9.97 Å². The molecule has 0 N–H and O–H groups in total. The third-order valence-corrected chi connectivity index (χ3v) is 8.57. The summed E-state index contributed by atoms with van der Waals surface area (Å²) in [5.74, 6) is 0. The maximum atomic E-state index is 4.94. The van der Waals surface area contributed by atoms with Gasteiger partial charge in [0, 0.05) is 43.2 Å². The molecule has 34 heavy (non-hydrogen) atoms. The number of aromatic nitrogens is 4. The highest BCUT2D eigenvalue weighted by Crippen LogP contribution is 2.46. The van der Waals surface area contributed by atoms with Gasteiger partial charge in [0.25, 0.3) is 0 Å². The van der Waals surface area contributed by atoms with Crippen LogP contribution in [0.2, 0.25) is 0 Å². The summed E-state index contributed by atoms with van der Waals surface area (Å²) in [4.78, 5) is 15.8. The smallest absolute Gasteiger partial charge is 0.138 e. The first-order chi connectivity index (χ1) is 16.7. The number of piperazine rings is 1. The van der Waals surface area contributed by atoms with E-state index in [9.17, 15) is 0 Å². The minimum Gasteiger partial charge on any atom is -0.299 e. The van der Waals surface area contributed by atoms with Crippen molar-refractivity contribution in [2.45, 2.75) is 46.0 Å². The predicted molar refractivity (Wildman–Crippen MR) is 138 cm³/mol. The number of benzene rings is 1. The Morgan fingerprint density at radius 3 is 2.44 bits per heavy atom. The van der Waals surface area contributed by atoms with Crippen LogP contribution >= 0.6 is 11.3 Å². The van der Waals surface area contributed by atoms with Crippen molar-refractivity contribution in [1.29, 1.82) is 0 Å². The first-order valence-electron chi connectivity index (χ1n) is 12.5. The van der Waals surface area contributed by atoms with Gasteiger partial charge in [-0.2, -0.15) is 4.79 Å². The summed E-state index contributed by atoms with van der Waals surface area (Å²) in [7, 11) is 0. The first-order valence-corrected chi connectivity index (χ1v) is 13.3. The van der Waals surface area contributed by atoms with Gasteiger partial charge in [-0.1, -0.05) is 30.3 Å². The molecule has 1 fully saturated rings. The van der Waals surface area contributed by atoms with Crippen LogP contribution in [-0.4, -0.2) is 57.5 Å². The topological polar surface area (TPSA) is 50.1 Å². The van der Waals surface area contributed by atoms with Gasteiger partial charge in [0.2, 0.25) is 0 Å². The summed E-state index contributed by atoms with van der Waals surface area (Å²) in [6, 6.07) is 10.8. The molecule has 1 aromatic carbocycles. The average molecular weight is 473 g/mol. The Balaban J connectivity index is 1.27. The minimum atomic E-state index is 0.982. The number of rotatable bonds is 5. The van der Waals surface area contributed by atoms with Crippen LogP contribution in [-0.2, 0) is 19.3 Å². The van der Waals surface area contributed by atoms with Gasteiger partial charge in [-0.15, -0.1) is 16.4 Å². The van der Waals surface area contributed by atoms with Crippen molar-refractivity contribution in [3.8, 4) is 22.0 Å². The van der Waals surface area contributed by atoms with E-state index in [4.69, 9.17) is 15.1 Å². The van der Waals surface area contributed by atoms with Crippen LogP contribution in [0.4, 0.5) is 0 Å². The summed E-state index contributed by atoms with van der Waals surface area (Å²) < 4.78 is 0. The van der Waals surface area contributed by atoms with E-state index in [1.807, 2.05) is 0 Å². The molecule has 6 nitrogen and oxygen atoms in total. The number of hydrogen-bond donors (Lipinski definition) is 0. The van der Waals surface area contributed by atoms with E-state index in [1.54, 1.807) is 17.7 Å². The molecule has 2 aliphatic carbocycles. The summed E-state index contributed by atoms with van der Waals surface area (Å²) in [6.45, 7) is 9.48. The van der Waals surface area contributed by atoms with Crippen molar-refractivity contribution in [2.24, 2.45) is 0 Å². The third kappa shape index (κ3) is 3.91. The Morgan fingerprint density at radius 1 is 0.941 bits per heavy atom. The fourth-order valence-electron chi connectivity index (χ4n) is 5.48. The van der Waals surface area contributed by atoms with Gasteiger partial charge < -0.3 is 0 Å². The zero-order valence-electron chi connectivity index (χ0n) is 20.1. The highest BCUT2D eigenvalue weighted by Gasteiger charge is 2.33. The van der Waals surface area contributed by atoms with Crippen LogP contribution < -0.4 is 5.01 Å². The second-order valence-corrected chi connectivity index (χ2v) is 10.8. The number of hydrogen-bond acceptors (Lipinski definition) is 6. The molecule has 2 aliphatic heterocycles. The van der Waals surface area contributed by atoms with Gasteiger partial charge in [0.05, 0.1) is 5.69 Å². The third-order valence-electron chi connectivity index (χ3n) is 7.48. The normalized spacial score (nSPS) is 16.8. The predicted octanol–water partition coefficient (Wildman–Crippen LogP) is 4.50. The minimum absolute atomic E-state index is 0.982. The standard InChI is InChI=1S/C27H32N6S/c1-19-20(2)34-27(30-19)24-22-10-6-7-11-23(22)26-25(24)28-18-29-33(26)32-16-14-31(15-17-32)13-12-21-8-4-3-5-9-21/h3-5,8-9,18H,6-7,10-17H2,1-2H3. The lowest BCUT2D eigenvalue weighted by Crippen LogP contribution is -2.52. The maximum absolute atomic E-state index is 4.94. The Bertz CT molecular complexity index is 1230. The molecule has 0 spiro atoms. The number of aryl methyl sites for hydroxylation is 2. The zero-order valence-corrected chi connectivity index (χ0v) is 20.9. The lowest BCUT2D eigenvalue weighted by atomic mass is 9.93. The van der Waals surface area contributed by atoms with E-state index in [-0.39, 0.29) is 0 Å². The number of nitrogens with zero attached hydrogens (tertiary/aromatic N) is 6. The van der Waals surface area contributed by atoms with E-state index < -0.39 is 0 Å². The van der Waals surface area contributed by atoms with Gasteiger partial charge in [-0.05, 0) is 62.6 Å². The van der Waals surface area contributed by atoms with E-state index in [2.05, 4.69) is 58.9 Å². The molecule has 1 aromatic heterocycles. The number of fused-ring (bicyclic) bond motifs is 3. The van der Waals surface area contributed by atoms with Crippen LogP contribution in [0.1, 0.15) is 40.1 Å². The lowest BCUT2D eigenvalue weighted by Gasteiger charge is -2.37. The number of thiazole rings is 1. The van der Waals surface area contributed by atoms with Crippen LogP contribution in [0.15, 0.2) is 36.7 Å². The van der Waals surface area contributed by atoms with E-state index >= 15 is 0 Å². The highest BCUT2D eigenvalue weighted by molar-refractivity contribution is 7.15. The van der Waals surface area contributed by atoms with Gasteiger partial charge in [0.1, 0.15) is 22.7 Å². The van der Waals surface area contributed by atoms with Crippen LogP contribution in [0.25, 0.3) is 22.0 Å². The van der Waals surface area contributed by atoms with Crippen molar-refractivity contribution < 1.29 is 0 Å². The summed E-state index contributed by atoms with van der Waals surface area (Å²) in [5.41, 5.74) is 9.04. The van der Waals surface area contributed by atoms with Crippen molar-refractivity contribution in [1.82, 2.24) is 24.8 Å². The summed E-state index contributed by atoms with van der Waals surface area (Å²) in [6.07, 6.45) is 7.56. The Hall–Kier alpha value is -2.77. The van der Waals surface area contributed by atoms with Crippen LogP contribution in [0.3, 0.4) is 0 Å². The van der Waals surface area contributed by atoms with Gasteiger partial charge in [-0.3, -0.25) is 9.91 Å². The Labute approximate surface area is 205 Å². The molecule has 7 heteroatoms. The van der Waals surface area contributed by atoms with Crippen molar-refractivity contribution in [2.75, 3.05) is 37.7 Å². The zero-order chi connectivity index (χ0) is 23.1. The molecule has 0 unspecified atom stereocenters. The molecular weight excluding hydrogens is 440 g/mol. The lowest BCUT2D eigenvalue weighted by molar-refractivity contribution is 0.237. The molecule has 176 valence electrons. The molecule has 6 rings (SSSR count).